The number of halogens is 1. The van der Waals surface area contributed by atoms with Crippen molar-refractivity contribution < 1.29 is 0 Å². The second-order valence-electron chi connectivity index (χ2n) is 6.55. The fourth-order valence-electron chi connectivity index (χ4n) is 3.18. The summed E-state index contributed by atoms with van der Waals surface area (Å²) < 4.78 is 0. The summed E-state index contributed by atoms with van der Waals surface area (Å²) in [5.74, 6) is 0.326. The molecule has 3 N–H and O–H groups in total. The van der Waals surface area contributed by atoms with E-state index in [-0.39, 0.29) is 0 Å². The van der Waals surface area contributed by atoms with Crippen molar-refractivity contribution in [1.29, 1.82) is 5.41 Å². The molecule has 3 nitrogen and oxygen atoms in total. The molecule has 0 spiro atoms. The highest BCUT2D eigenvalue weighted by molar-refractivity contribution is 6.30. The first-order chi connectivity index (χ1) is 13.2. The van der Waals surface area contributed by atoms with Crippen molar-refractivity contribution in [3.63, 3.8) is 0 Å². The zero-order chi connectivity index (χ0) is 18.6. The van der Waals surface area contributed by atoms with E-state index in [4.69, 9.17) is 17.0 Å². The molecule has 0 radical (unpaired) electrons. The van der Waals surface area contributed by atoms with Crippen LogP contribution in [0.5, 0.6) is 0 Å². The maximum Gasteiger partial charge on any atom is 0.122 e. The quantitative estimate of drug-likeness (QED) is 0.383. The van der Waals surface area contributed by atoms with Crippen LogP contribution in [0.1, 0.15) is 11.1 Å². The third-order valence-corrected chi connectivity index (χ3v) is 4.88. The molecule has 0 atom stereocenters. The van der Waals surface area contributed by atoms with Crippen LogP contribution >= 0.6 is 11.6 Å². The highest BCUT2D eigenvalue weighted by atomic mass is 35.5. The lowest BCUT2D eigenvalue weighted by Gasteiger charge is -2.06. The number of benzene rings is 3. The summed E-state index contributed by atoms with van der Waals surface area (Å²) >= 11 is 5.88. The van der Waals surface area contributed by atoms with E-state index in [0.29, 0.717) is 10.9 Å². The Bertz CT molecular complexity index is 989. The van der Waals surface area contributed by atoms with Crippen LogP contribution in [0, 0.1) is 5.41 Å². The molecule has 1 aliphatic heterocycles. The third kappa shape index (κ3) is 4.21. The van der Waals surface area contributed by atoms with Crippen molar-refractivity contribution in [2.24, 2.45) is 0 Å². The number of rotatable bonds is 4. The Balaban J connectivity index is 1.42. The number of hydrogen-bond acceptors (Lipinski definition) is 2. The number of anilines is 2. The van der Waals surface area contributed by atoms with Gasteiger partial charge >= 0.3 is 0 Å². The summed E-state index contributed by atoms with van der Waals surface area (Å²) in [5.41, 5.74) is 6.99. The normalized spacial score (nSPS) is 12.6. The molecule has 0 fully saturated rings. The summed E-state index contributed by atoms with van der Waals surface area (Å²) in [5, 5.41) is 15.1. The highest BCUT2D eigenvalue weighted by Crippen LogP contribution is 2.28. The van der Waals surface area contributed by atoms with Crippen molar-refractivity contribution in [1.82, 2.24) is 0 Å². The maximum absolute atomic E-state index is 8.04. The lowest BCUT2D eigenvalue weighted by Crippen LogP contribution is -2.06. The molecule has 0 saturated carbocycles. The number of nitrogens with one attached hydrogen (secondary N) is 3. The van der Waals surface area contributed by atoms with Gasteiger partial charge in [0.15, 0.2) is 0 Å². The number of hydrogen-bond donors (Lipinski definition) is 3. The van der Waals surface area contributed by atoms with Gasteiger partial charge in [0.1, 0.15) is 5.84 Å². The van der Waals surface area contributed by atoms with E-state index in [1.807, 2.05) is 18.2 Å². The average Bonchev–Trinajstić information content (AvgIpc) is 3.16. The zero-order valence-electron chi connectivity index (χ0n) is 14.8. The first kappa shape index (κ1) is 17.4. The van der Waals surface area contributed by atoms with Crippen LogP contribution in [0.4, 0.5) is 11.4 Å². The minimum absolute atomic E-state index is 0.326. The van der Waals surface area contributed by atoms with Gasteiger partial charge in [-0.1, -0.05) is 48.0 Å². The van der Waals surface area contributed by atoms with Gasteiger partial charge in [0.05, 0.1) is 0 Å². The largest absolute Gasteiger partial charge is 0.384 e. The van der Waals surface area contributed by atoms with Crippen molar-refractivity contribution in [2.45, 2.75) is 6.42 Å². The van der Waals surface area contributed by atoms with Gasteiger partial charge in [0.2, 0.25) is 0 Å². The van der Waals surface area contributed by atoms with Crippen LogP contribution < -0.4 is 10.6 Å². The van der Waals surface area contributed by atoms with Crippen LogP contribution in [0.3, 0.4) is 0 Å². The van der Waals surface area contributed by atoms with Crippen molar-refractivity contribution in [2.75, 3.05) is 17.2 Å². The minimum Gasteiger partial charge on any atom is -0.384 e. The molecule has 0 aromatic heterocycles. The molecule has 0 aliphatic carbocycles. The van der Waals surface area contributed by atoms with Crippen molar-refractivity contribution in [3.05, 3.63) is 89.0 Å². The van der Waals surface area contributed by atoms with Gasteiger partial charge in [-0.25, -0.2) is 0 Å². The Kier molecular flexibility index (Phi) is 4.95. The van der Waals surface area contributed by atoms with E-state index in [2.05, 4.69) is 53.1 Å². The average molecular weight is 374 g/mol. The van der Waals surface area contributed by atoms with E-state index < -0.39 is 0 Å². The van der Waals surface area contributed by atoms with E-state index in [0.717, 1.165) is 24.2 Å². The molecule has 0 amide bonds. The van der Waals surface area contributed by atoms with E-state index >= 15 is 0 Å². The topological polar surface area (TPSA) is 47.9 Å². The van der Waals surface area contributed by atoms with Crippen LogP contribution in [-0.4, -0.2) is 12.4 Å². The number of fused-ring (bicyclic) bond motifs is 1. The predicted molar refractivity (Wildman–Crippen MR) is 116 cm³/mol. The molecule has 0 bridgehead atoms. The van der Waals surface area contributed by atoms with Crippen molar-refractivity contribution in [3.8, 4) is 11.1 Å². The maximum atomic E-state index is 8.04. The Morgan fingerprint density at radius 2 is 1.70 bits per heavy atom. The first-order valence-electron chi connectivity index (χ1n) is 8.94. The molecule has 3 aromatic rings. The van der Waals surface area contributed by atoms with Gasteiger partial charge in [0.25, 0.3) is 0 Å². The molecule has 4 heteroatoms. The molecule has 134 valence electrons. The lowest BCUT2D eigenvalue weighted by atomic mass is 10.0. The molecule has 0 unspecified atom stereocenters. The fourth-order valence-corrected chi connectivity index (χ4v) is 3.31. The lowest BCUT2D eigenvalue weighted by molar-refractivity contribution is 1.11. The van der Waals surface area contributed by atoms with Gasteiger partial charge in [-0.15, -0.1) is 0 Å². The monoisotopic (exact) mass is 373 g/mol. The molecular weight excluding hydrogens is 354 g/mol. The van der Waals surface area contributed by atoms with Gasteiger partial charge in [-0.3, -0.25) is 5.41 Å². The first-order valence-corrected chi connectivity index (χ1v) is 9.32. The van der Waals surface area contributed by atoms with Crippen LogP contribution in [-0.2, 0) is 6.42 Å². The Morgan fingerprint density at radius 3 is 2.48 bits per heavy atom. The zero-order valence-corrected chi connectivity index (χ0v) is 15.6. The standard InChI is InChI=1S/C23H20ClN3/c24-20-7-9-21(10-8-20)27-23(25)12-3-16-1-4-17(5-2-16)18-6-11-22-19(15-18)13-14-26-22/h1-12,15,26H,13-14H2,(H2,25,27)/b12-3+. The molecule has 3 aromatic carbocycles. The second-order valence-corrected chi connectivity index (χ2v) is 6.99. The summed E-state index contributed by atoms with van der Waals surface area (Å²) in [7, 11) is 0. The third-order valence-electron chi connectivity index (χ3n) is 4.62. The van der Waals surface area contributed by atoms with E-state index in [1.165, 1.54) is 22.4 Å². The Hall–Kier alpha value is -3.04. The van der Waals surface area contributed by atoms with Gasteiger partial charge in [-0.05, 0) is 71.1 Å². The summed E-state index contributed by atoms with van der Waals surface area (Å²) in [4.78, 5) is 0. The Labute approximate surface area is 164 Å². The molecule has 27 heavy (non-hydrogen) atoms. The molecule has 4 rings (SSSR count). The summed E-state index contributed by atoms with van der Waals surface area (Å²) in [6.07, 6.45) is 4.78. The predicted octanol–water partition coefficient (Wildman–Crippen LogP) is 6.08. The molecular formula is C23H20ClN3. The van der Waals surface area contributed by atoms with Crippen LogP contribution in [0.2, 0.25) is 5.02 Å². The SMILES string of the molecule is N=C(/C=C/c1ccc(-c2ccc3c(c2)CCN3)cc1)Nc1ccc(Cl)cc1. The second kappa shape index (κ2) is 7.68. The smallest absolute Gasteiger partial charge is 0.122 e. The van der Waals surface area contributed by atoms with E-state index in [1.54, 1.807) is 18.2 Å². The number of amidine groups is 1. The molecule has 1 heterocycles. The van der Waals surface area contributed by atoms with Gasteiger partial charge in [0, 0.05) is 22.9 Å². The van der Waals surface area contributed by atoms with E-state index in [9.17, 15) is 0 Å². The molecule has 0 saturated heterocycles. The Morgan fingerprint density at radius 1 is 0.963 bits per heavy atom. The van der Waals surface area contributed by atoms with Gasteiger partial charge in [-0.2, -0.15) is 0 Å². The van der Waals surface area contributed by atoms with Crippen LogP contribution in [0.25, 0.3) is 17.2 Å². The van der Waals surface area contributed by atoms with Gasteiger partial charge < -0.3 is 10.6 Å². The fraction of sp³-hybridized carbons (Fsp3) is 0.0870. The van der Waals surface area contributed by atoms with Crippen LogP contribution in [0.15, 0.2) is 72.8 Å². The minimum atomic E-state index is 0.326. The summed E-state index contributed by atoms with van der Waals surface area (Å²) in [6.45, 7) is 1.03. The highest BCUT2D eigenvalue weighted by Gasteiger charge is 2.10. The summed E-state index contributed by atoms with van der Waals surface area (Å²) in [6, 6.07) is 22.3. The van der Waals surface area contributed by atoms with Crippen molar-refractivity contribution >= 4 is 34.9 Å². The molecule has 1 aliphatic rings.